The van der Waals surface area contributed by atoms with Gasteiger partial charge in [-0.3, -0.25) is 4.79 Å². The first-order valence-electron chi connectivity index (χ1n) is 8.86. The van der Waals surface area contributed by atoms with Crippen LogP contribution in [0.4, 0.5) is 4.39 Å². The summed E-state index contributed by atoms with van der Waals surface area (Å²) in [6.07, 6.45) is 5.94. The Hall–Kier alpha value is -1.13. The van der Waals surface area contributed by atoms with E-state index in [0.29, 0.717) is 5.92 Å². The molecule has 1 aliphatic heterocycles. The first-order valence-corrected chi connectivity index (χ1v) is 8.86. The van der Waals surface area contributed by atoms with Crippen molar-refractivity contribution in [2.24, 2.45) is 5.92 Å². The highest BCUT2D eigenvalue weighted by atomic mass is 35.5. The molecule has 1 N–H and O–H groups in total. The summed E-state index contributed by atoms with van der Waals surface area (Å²) in [4.78, 5) is 15.3. The number of carbonyl (C=O) groups is 1. The minimum Gasteiger partial charge on any atom is -0.342 e. The second-order valence-corrected chi connectivity index (χ2v) is 7.09. The molecule has 134 valence electrons. The average Bonchev–Trinajstić information content (AvgIpc) is 3.06. The molecule has 0 radical (unpaired) electrons. The molecule has 1 aliphatic carbocycles. The van der Waals surface area contributed by atoms with Gasteiger partial charge in [0.05, 0.1) is 5.41 Å². The van der Waals surface area contributed by atoms with E-state index in [1.165, 1.54) is 6.07 Å². The zero-order valence-electron chi connectivity index (χ0n) is 14.4. The van der Waals surface area contributed by atoms with Crippen molar-refractivity contribution < 1.29 is 9.18 Å². The SMILES string of the molecule is CNCC1CCN(C(=O)C2(c3cccc(F)c3)CCCC2)CC1.Cl. The maximum Gasteiger partial charge on any atom is 0.233 e. The molecule has 5 heteroatoms. The van der Waals surface area contributed by atoms with Crippen LogP contribution in [0.25, 0.3) is 0 Å². The van der Waals surface area contributed by atoms with Crippen LogP contribution in [0, 0.1) is 11.7 Å². The summed E-state index contributed by atoms with van der Waals surface area (Å²) in [6, 6.07) is 6.69. The van der Waals surface area contributed by atoms with Gasteiger partial charge in [0, 0.05) is 13.1 Å². The highest BCUT2D eigenvalue weighted by molar-refractivity contribution is 5.88. The summed E-state index contributed by atoms with van der Waals surface area (Å²) in [5.74, 6) is 0.649. The van der Waals surface area contributed by atoms with Gasteiger partial charge in [-0.1, -0.05) is 25.0 Å². The number of carbonyl (C=O) groups excluding carboxylic acids is 1. The Morgan fingerprint density at radius 2 is 1.96 bits per heavy atom. The molecule has 1 saturated carbocycles. The van der Waals surface area contributed by atoms with Crippen LogP contribution in [0.3, 0.4) is 0 Å². The van der Waals surface area contributed by atoms with E-state index in [9.17, 15) is 9.18 Å². The first-order chi connectivity index (χ1) is 11.2. The Balaban J connectivity index is 0.00000208. The number of hydrogen-bond donors (Lipinski definition) is 1. The van der Waals surface area contributed by atoms with Gasteiger partial charge in [-0.25, -0.2) is 4.39 Å². The van der Waals surface area contributed by atoms with Crippen LogP contribution in [0.15, 0.2) is 24.3 Å². The van der Waals surface area contributed by atoms with E-state index in [1.54, 1.807) is 12.1 Å². The molecule has 1 aromatic rings. The minimum atomic E-state index is -0.488. The third-order valence-electron chi connectivity index (χ3n) is 5.64. The number of benzene rings is 1. The summed E-state index contributed by atoms with van der Waals surface area (Å²) >= 11 is 0. The predicted octanol–water partition coefficient (Wildman–Crippen LogP) is 3.52. The number of piperidine rings is 1. The second kappa shape index (κ2) is 8.30. The Morgan fingerprint density at radius 3 is 2.54 bits per heavy atom. The lowest BCUT2D eigenvalue weighted by atomic mass is 9.77. The maximum absolute atomic E-state index is 13.7. The van der Waals surface area contributed by atoms with Gasteiger partial charge in [-0.2, -0.15) is 0 Å². The number of amides is 1. The zero-order chi connectivity index (χ0) is 16.3. The van der Waals surface area contributed by atoms with E-state index in [-0.39, 0.29) is 24.1 Å². The fourth-order valence-electron chi connectivity index (χ4n) is 4.32. The van der Waals surface area contributed by atoms with Crippen molar-refractivity contribution in [3.05, 3.63) is 35.6 Å². The monoisotopic (exact) mass is 354 g/mol. The summed E-state index contributed by atoms with van der Waals surface area (Å²) in [5, 5.41) is 3.23. The minimum absolute atomic E-state index is 0. The van der Waals surface area contributed by atoms with Gasteiger partial charge in [0.1, 0.15) is 5.82 Å². The Kier molecular flexibility index (Phi) is 6.64. The Bertz CT molecular complexity index is 552. The summed E-state index contributed by atoms with van der Waals surface area (Å²) in [6.45, 7) is 2.70. The molecule has 2 aliphatic rings. The van der Waals surface area contributed by atoms with E-state index < -0.39 is 5.41 Å². The molecule has 1 saturated heterocycles. The topological polar surface area (TPSA) is 32.3 Å². The van der Waals surface area contributed by atoms with E-state index in [1.807, 2.05) is 18.0 Å². The van der Waals surface area contributed by atoms with Crippen molar-refractivity contribution in [1.82, 2.24) is 10.2 Å². The zero-order valence-corrected chi connectivity index (χ0v) is 15.2. The number of hydrogen-bond acceptors (Lipinski definition) is 2. The summed E-state index contributed by atoms with van der Waals surface area (Å²) in [5.41, 5.74) is 0.384. The standard InChI is InChI=1S/C19H27FN2O.ClH/c1-21-14-15-7-11-22(12-8-15)18(23)19(9-2-3-10-19)16-5-4-6-17(20)13-16;/h4-6,13,15,21H,2-3,7-12,14H2,1H3;1H. The van der Waals surface area contributed by atoms with Gasteiger partial charge in [-0.15, -0.1) is 12.4 Å². The van der Waals surface area contributed by atoms with E-state index in [4.69, 9.17) is 0 Å². The molecule has 1 aromatic carbocycles. The number of nitrogens with one attached hydrogen (secondary N) is 1. The number of nitrogens with zero attached hydrogens (tertiary/aromatic N) is 1. The van der Waals surface area contributed by atoms with Gasteiger partial charge in [0.25, 0.3) is 0 Å². The second-order valence-electron chi connectivity index (χ2n) is 7.09. The smallest absolute Gasteiger partial charge is 0.233 e. The molecule has 3 nitrogen and oxygen atoms in total. The highest BCUT2D eigenvalue weighted by Crippen LogP contribution is 2.43. The number of rotatable bonds is 4. The van der Waals surface area contributed by atoms with E-state index in [0.717, 1.165) is 63.7 Å². The number of likely N-dealkylation sites (tertiary alicyclic amines) is 1. The molecule has 0 bridgehead atoms. The quantitative estimate of drug-likeness (QED) is 0.897. The Labute approximate surface area is 150 Å². The summed E-state index contributed by atoms with van der Waals surface area (Å²) < 4.78 is 13.7. The van der Waals surface area contributed by atoms with Crippen LogP contribution in [-0.4, -0.2) is 37.5 Å². The highest BCUT2D eigenvalue weighted by Gasteiger charge is 2.45. The molecule has 0 unspecified atom stereocenters. The third kappa shape index (κ3) is 3.75. The number of halogens is 2. The van der Waals surface area contributed by atoms with Crippen LogP contribution in [0.2, 0.25) is 0 Å². The van der Waals surface area contributed by atoms with Crippen molar-refractivity contribution >= 4 is 18.3 Å². The van der Waals surface area contributed by atoms with Crippen LogP contribution < -0.4 is 5.32 Å². The van der Waals surface area contributed by atoms with E-state index in [2.05, 4.69) is 5.32 Å². The molecule has 0 aromatic heterocycles. The van der Waals surface area contributed by atoms with Gasteiger partial charge in [0.15, 0.2) is 0 Å². The maximum atomic E-state index is 13.7. The van der Waals surface area contributed by atoms with Crippen molar-refractivity contribution in [2.75, 3.05) is 26.7 Å². The van der Waals surface area contributed by atoms with Crippen molar-refractivity contribution in [3.8, 4) is 0 Å². The fourth-order valence-corrected chi connectivity index (χ4v) is 4.32. The molecule has 2 fully saturated rings. The van der Waals surface area contributed by atoms with Crippen LogP contribution >= 0.6 is 12.4 Å². The van der Waals surface area contributed by atoms with Crippen molar-refractivity contribution in [3.63, 3.8) is 0 Å². The van der Waals surface area contributed by atoms with Crippen molar-refractivity contribution in [2.45, 2.75) is 43.9 Å². The molecule has 0 atom stereocenters. The fraction of sp³-hybridized carbons (Fsp3) is 0.632. The lowest BCUT2D eigenvalue weighted by molar-refractivity contribution is -0.138. The lowest BCUT2D eigenvalue weighted by Gasteiger charge is -2.39. The molecular weight excluding hydrogens is 327 g/mol. The molecule has 1 amide bonds. The van der Waals surface area contributed by atoms with Gasteiger partial charge < -0.3 is 10.2 Å². The molecule has 3 rings (SSSR count). The van der Waals surface area contributed by atoms with Crippen LogP contribution in [-0.2, 0) is 10.2 Å². The third-order valence-corrected chi connectivity index (χ3v) is 5.64. The van der Waals surface area contributed by atoms with E-state index >= 15 is 0 Å². The normalized spacial score (nSPS) is 20.7. The molecular formula is C19H28ClFN2O. The largest absolute Gasteiger partial charge is 0.342 e. The van der Waals surface area contributed by atoms with Gasteiger partial charge >= 0.3 is 0 Å². The summed E-state index contributed by atoms with van der Waals surface area (Å²) in [7, 11) is 1.98. The van der Waals surface area contributed by atoms with Gasteiger partial charge in [-0.05, 0) is 62.9 Å². The Morgan fingerprint density at radius 1 is 1.29 bits per heavy atom. The van der Waals surface area contributed by atoms with Crippen LogP contribution in [0.1, 0.15) is 44.1 Å². The molecule has 1 heterocycles. The first kappa shape index (κ1) is 19.2. The average molecular weight is 355 g/mol. The molecule has 24 heavy (non-hydrogen) atoms. The lowest BCUT2D eigenvalue weighted by Crippen LogP contribution is -2.49. The van der Waals surface area contributed by atoms with Gasteiger partial charge in [0.2, 0.25) is 5.91 Å². The van der Waals surface area contributed by atoms with Crippen molar-refractivity contribution in [1.29, 1.82) is 0 Å². The molecule has 0 spiro atoms. The van der Waals surface area contributed by atoms with Crippen LogP contribution in [0.5, 0.6) is 0 Å². The predicted molar refractivity (Wildman–Crippen MR) is 97.0 cm³/mol.